The number of nitrogens with zero attached hydrogens (tertiary/aromatic N) is 4. The predicted molar refractivity (Wildman–Crippen MR) is 88.1 cm³/mol. The van der Waals surface area contributed by atoms with Crippen LogP contribution in [0.1, 0.15) is 25.3 Å². The number of aryl methyl sites for hydroxylation is 2. The third-order valence-electron chi connectivity index (χ3n) is 5.18. The highest BCUT2D eigenvalue weighted by atomic mass is 16.5. The number of likely N-dealkylation sites (tertiary alicyclic amines) is 1. The van der Waals surface area contributed by atoms with Gasteiger partial charge in [-0.25, -0.2) is 0 Å². The van der Waals surface area contributed by atoms with Gasteiger partial charge in [0, 0.05) is 51.9 Å². The molecule has 0 aromatic carbocycles. The molecule has 3 rings (SSSR count). The topological polar surface area (TPSA) is 50.6 Å². The molecule has 128 valence electrons. The molecule has 0 unspecified atom stereocenters. The maximum atomic E-state index is 12.6. The number of carbonyl (C=O) groups excluding carboxylic acids is 1. The summed E-state index contributed by atoms with van der Waals surface area (Å²) in [5, 5.41) is 4.16. The number of ether oxygens (including phenoxy) is 1. The highest BCUT2D eigenvalue weighted by molar-refractivity contribution is 5.76. The van der Waals surface area contributed by atoms with E-state index in [0.717, 1.165) is 57.8 Å². The van der Waals surface area contributed by atoms with Gasteiger partial charge in [-0.15, -0.1) is 0 Å². The van der Waals surface area contributed by atoms with Crippen molar-refractivity contribution < 1.29 is 9.53 Å². The summed E-state index contributed by atoms with van der Waals surface area (Å²) in [6, 6.07) is 0.506. The molecule has 1 aromatic rings. The van der Waals surface area contributed by atoms with E-state index in [4.69, 9.17) is 4.74 Å². The monoisotopic (exact) mass is 320 g/mol. The van der Waals surface area contributed by atoms with Gasteiger partial charge in [-0.3, -0.25) is 14.4 Å². The first-order valence-corrected chi connectivity index (χ1v) is 8.74. The molecule has 0 radical (unpaired) electrons. The van der Waals surface area contributed by atoms with Gasteiger partial charge in [-0.05, 0) is 17.9 Å². The van der Waals surface area contributed by atoms with E-state index in [-0.39, 0.29) is 5.91 Å². The lowest BCUT2D eigenvalue weighted by molar-refractivity contribution is -0.130. The van der Waals surface area contributed by atoms with Crippen LogP contribution in [0.2, 0.25) is 0 Å². The second-order valence-electron chi connectivity index (χ2n) is 6.70. The van der Waals surface area contributed by atoms with Crippen molar-refractivity contribution in [2.24, 2.45) is 13.0 Å². The highest BCUT2D eigenvalue weighted by Crippen LogP contribution is 2.26. The van der Waals surface area contributed by atoms with Gasteiger partial charge >= 0.3 is 0 Å². The van der Waals surface area contributed by atoms with Crippen molar-refractivity contribution in [2.45, 2.75) is 32.2 Å². The molecule has 0 spiro atoms. The Labute approximate surface area is 138 Å². The van der Waals surface area contributed by atoms with Crippen LogP contribution in [0, 0.1) is 5.92 Å². The molecular weight excluding hydrogens is 292 g/mol. The molecule has 2 fully saturated rings. The minimum absolute atomic E-state index is 0.281. The summed E-state index contributed by atoms with van der Waals surface area (Å²) < 4.78 is 7.25. The number of hydrogen-bond donors (Lipinski definition) is 0. The molecule has 6 nitrogen and oxygen atoms in total. The molecule has 6 heteroatoms. The molecule has 23 heavy (non-hydrogen) atoms. The van der Waals surface area contributed by atoms with Crippen molar-refractivity contribution in [1.29, 1.82) is 0 Å². The smallest absolute Gasteiger partial charge is 0.222 e. The van der Waals surface area contributed by atoms with Crippen LogP contribution in [0.25, 0.3) is 0 Å². The maximum absolute atomic E-state index is 12.6. The third-order valence-corrected chi connectivity index (χ3v) is 5.18. The Hall–Kier alpha value is -1.40. The first-order chi connectivity index (χ1) is 11.2. The van der Waals surface area contributed by atoms with Crippen LogP contribution in [-0.4, -0.2) is 70.9 Å². The summed E-state index contributed by atoms with van der Waals surface area (Å²) in [4.78, 5) is 17.2. The van der Waals surface area contributed by atoms with Crippen molar-refractivity contribution in [3.8, 4) is 0 Å². The number of hydrogen-bond acceptors (Lipinski definition) is 4. The Morgan fingerprint density at radius 1 is 1.35 bits per heavy atom. The van der Waals surface area contributed by atoms with Crippen molar-refractivity contribution in [3.63, 3.8) is 0 Å². The second-order valence-corrected chi connectivity index (χ2v) is 6.70. The summed E-state index contributed by atoms with van der Waals surface area (Å²) >= 11 is 0. The number of rotatable bonds is 5. The second kappa shape index (κ2) is 7.45. The fourth-order valence-electron chi connectivity index (χ4n) is 3.79. The van der Waals surface area contributed by atoms with Crippen molar-refractivity contribution in [1.82, 2.24) is 19.6 Å². The van der Waals surface area contributed by atoms with Crippen molar-refractivity contribution in [3.05, 3.63) is 18.0 Å². The van der Waals surface area contributed by atoms with E-state index in [9.17, 15) is 4.79 Å². The van der Waals surface area contributed by atoms with Crippen LogP contribution in [-0.2, 0) is 23.0 Å². The summed E-state index contributed by atoms with van der Waals surface area (Å²) in [5.41, 5.74) is 1.14. The molecule has 1 aromatic heterocycles. The number of amides is 1. The van der Waals surface area contributed by atoms with Gasteiger partial charge in [0.1, 0.15) is 0 Å². The summed E-state index contributed by atoms with van der Waals surface area (Å²) in [6.45, 7) is 7.66. The lowest BCUT2D eigenvalue weighted by Crippen LogP contribution is -2.47. The van der Waals surface area contributed by atoms with Gasteiger partial charge in [-0.1, -0.05) is 13.3 Å². The zero-order valence-electron chi connectivity index (χ0n) is 14.3. The van der Waals surface area contributed by atoms with Gasteiger partial charge in [0.2, 0.25) is 5.91 Å². The lowest BCUT2D eigenvalue weighted by Gasteiger charge is -2.34. The molecule has 3 heterocycles. The minimum Gasteiger partial charge on any atom is -0.379 e. The fourth-order valence-corrected chi connectivity index (χ4v) is 3.79. The Kier molecular flexibility index (Phi) is 5.33. The number of morpholine rings is 1. The van der Waals surface area contributed by atoms with Crippen LogP contribution in [0.5, 0.6) is 0 Å². The molecule has 0 aliphatic carbocycles. The summed E-state index contributed by atoms with van der Waals surface area (Å²) in [6.07, 6.45) is 6.33. The van der Waals surface area contributed by atoms with E-state index in [1.807, 2.05) is 19.4 Å². The van der Waals surface area contributed by atoms with Crippen LogP contribution < -0.4 is 0 Å². The maximum Gasteiger partial charge on any atom is 0.222 e. The zero-order chi connectivity index (χ0) is 16.2. The largest absolute Gasteiger partial charge is 0.379 e. The zero-order valence-corrected chi connectivity index (χ0v) is 14.3. The minimum atomic E-state index is 0.281. The molecule has 0 bridgehead atoms. The van der Waals surface area contributed by atoms with E-state index >= 15 is 0 Å². The first-order valence-electron chi connectivity index (χ1n) is 8.74. The first kappa shape index (κ1) is 16.5. The fraction of sp³-hybridized carbons (Fsp3) is 0.765. The molecule has 2 saturated heterocycles. The highest BCUT2D eigenvalue weighted by Gasteiger charge is 2.37. The molecule has 0 N–H and O–H groups in total. The van der Waals surface area contributed by atoms with E-state index in [1.54, 1.807) is 4.68 Å². The normalized spacial score (nSPS) is 25.9. The summed E-state index contributed by atoms with van der Waals surface area (Å²) in [5.74, 6) is 0.874. The van der Waals surface area contributed by atoms with E-state index in [0.29, 0.717) is 18.4 Å². The van der Waals surface area contributed by atoms with E-state index in [1.165, 1.54) is 0 Å². The number of carbonyl (C=O) groups is 1. The standard InChI is InChI=1S/C17H28N4O2/c1-3-15-12-21(13-16(15)20-6-8-23-9-7-20)17(22)5-4-14-10-18-19(2)11-14/h10-11,15-16H,3-9,12-13H2,1-2H3/t15-,16+/m1/s1. The van der Waals surface area contributed by atoms with Crippen LogP contribution in [0.4, 0.5) is 0 Å². The Bertz CT molecular complexity index is 524. The molecular formula is C17H28N4O2. The van der Waals surface area contributed by atoms with Crippen LogP contribution >= 0.6 is 0 Å². The molecule has 2 aliphatic heterocycles. The van der Waals surface area contributed by atoms with Gasteiger partial charge in [0.05, 0.1) is 19.4 Å². The quantitative estimate of drug-likeness (QED) is 0.810. The van der Waals surface area contributed by atoms with Gasteiger partial charge in [0.25, 0.3) is 0 Å². The van der Waals surface area contributed by atoms with E-state index in [2.05, 4.69) is 21.8 Å². The van der Waals surface area contributed by atoms with Crippen molar-refractivity contribution >= 4 is 5.91 Å². The van der Waals surface area contributed by atoms with E-state index < -0.39 is 0 Å². The van der Waals surface area contributed by atoms with Crippen molar-refractivity contribution in [2.75, 3.05) is 39.4 Å². The Balaban J connectivity index is 1.54. The Morgan fingerprint density at radius 3 is 2.78 bits per heavy atom. The summed E-state index contributed by atoms with van der Waals surface area (Å²) in [7, 11) is 1.91. The molecule has 2 atom stereocenters. The van der Waals surface area contributed by atoms with Gasteiger partial charge < -0.3 is 9.64 Å². The SMILES string of the molecule is CC[C@@H]1CN(C(=O)CCc2cnn(C)c2)C[C@@H]1N1CCOCC1. The van der Waals surface area contributed by atoms with Crippen LogP contribution in [0.15, 0.2) is 12.4 Å². The van der Waals surface area contributed by atoms with Gasteiger partial charge in [0.15, 0.2) is 0 Å². The molecule has 2 aliphatic rings. The molecule has 1 amide bonds. The van der Waals surface area contributed by atoms with Crippen LogP contribution in [0.3, 0.4) is 0 Å². The third kappa shape index (κ3) is 3.93. The average Bonchev–Trinajstić information content (AvgIpc) is 3.19. The predicted octanol–water partition coefficient (Wildman–Crippen LogP) is 0.922. The Morgan fingerprint density at radius 2 is 2.13 bits per heavy atom. The lowest BCUT2D eigenvalue weighted by atomic mass is 9.99. The number of aromatic nitrogens is 2. The average molecular weight is 320 g/mol. The molecule has 0 saturated carbocycles. The van der Waals surface area contributed by atoms with Gasteiger partial charge in [-0.2, -0.15) is 5.10 Å².